The molecule has 0 fully saturated rings. The molecule has 1 aliphatic heterocycles. The third-order valence-electron chi connectivity index (χ3n) is 4.93. The molecule has 1 aromatic carbocycles. The van der Waals surface area contributed by atoms with Crippen LogP contribution in [0.3, 0.4) is 0 Å². The Morgan fingerprint density at radius 3 is 2.60 bits per heavy atom. The minimum absolute atomic E-state index is 0.0606. The van der Waals surface area contributed by atoms with Crippen molar-refractivity contribution in [1.82, 2.24) is 14.5 Å². The summed E-state index contributed by atoms with van der Waals surface area (Å²) in [6.07, 6.45) is 3.62. The molecule has 0 aliphatic carbocycles. The average Bonchev–Trinajstić information content (AvgIpc) is 3.30. The second-order valence-electron chi connectivity index (χ2n) is 6.98. The lowest BCUT2D eigenvalue weighted by Gasteiger charge is -2.35. The van der Waals surface area contributed by atoms with Crippen LogP contribution in [0.4, 0.5) is 11.5 Å². The van der Waals surface area contributed by atoms with Gasteiger partial charge < -0.3 is 25.6 Å². The first-order chi connectivity index (χ1) is 14.3. The highest BCUT2D eigenvalue weighted by Crippen LogP contribution is 2.46. The summed E-state index contributed by atoms with van der Waals surface area (Å²) in [6, 6.07) is 8.59. The van der Waals surface area contributed by atoms with Gasteiger partial charge in [0.05, 0.1) is 29.7 Å². The van der Waals surface area contributed by atoms with Gasteiger partial charge in [0, 0.05) is 17.4 Å². The average molecular weight is 427 g/mol. The first-order valence-corrected chi connectivity index (χ1v) is 9.54. The topological polar surface area (TPSA) is 126 Å². The zero-order chi connectivity index (χ0) is 21.4. The van der Waals surface area contributed by atoms with Crippen molar-refractivity contribution in [3.63, 3.8) is 0 Å². The molecule has 9 nitrogen and oxygen atoms in total. The van der Waals surface area contributed by atoms with Gasteiger partial charge in [-0.25, -0.2) is 14.8 Å². The zero-order valence-electron chi connectivity index (χ0n) is 16.0. The molecule has 0 bridgehead atoms. The maximum atomic E-state index is 12.0. The summed E-state index contributed by atoms with van der Waals surface area (Å²) in [5, 5.41) is 13.6. The maximum Gasteiger partial charge on any atom is 0.338 e. The van der Waals surface area contributed by atoms with E-state index in [2.05, 4.69) is 15.3 Å². The highest BCUT2D eigenvalue weighted by atomic mass is 35.5. The lowest BCUT2D eigenvalue weighted by atomic mass is 10.1. The Hall–Kier alpha value is -3.59. The van der Waals surface area contributed by atoms with Crippen LogP contribution >= 0.6 is 11.6 Å². The van der Waals surface area contributed by atoms with Gasteiger partial charge in [0.15, 0.2) is 5.82 Å². The number of carbonyl (C=O) groups is 2. The summed E-state index contributed by atoms with van der Waals surface area (Å²) >= 11 is 6.04. The molecule has 154 valence electrons. The molecule has 2 unspecified atom stereocenters. The predicted molar refractivity (Wildman–Crippen MR) is 111 cm³/mol. The molecule has 0 spiro atoms. The number of halogens is 1. The van der Waals surface area contributed by atoms with Gasteiger partial charge in [0.25, 0.3) is 0 Å². The Balaban J connectivity index is 1.91. The van der Waals surface area contributed by atoms with Gasteiger partial charge in [-0.2, -0.15) is 0 Å². The van der Waals surface area contributed by atoms with E-state index < -0.39 is 24.2 Å². The van der Waals surface area contributed by atoms with Gasteiger partial charge in [-0.15, -0.1) is 0 Å². The van der Waals surface area contributed by atoms with Crippen LogP contribution in [0.5, 0.6) is 0 Å². The van der Waals surface area contributed by atoms with E-state index in [1.165, 1.54) is 12.3 Å². The van der Waals surface area contributed by atoms with Crippen molar-refractivity contribution < 1.29 is 14.7 Å². The number of aromatic nitrogens is 3. The number of nitrogens with zero attached hydrogens (tertiary/aromatic N) is 4. The number of carboxylic acid groups (broad SMARTS) is 1. The molecule has 1 amide bonds. The molecule has 2 aromatic heterocycles. The monoisotopic (exact) mass is 426 g/mol. The number of anilines is 2. The Labute approximate surface area is 177 Å². The van der Waals surface area contributed by atoms with Crippen molar-refractivity contribution in [3.05, 3.63) is 70.9 Å². The molecule has 3 aromatic rings. The van der Waals surface area contributed by atoms with Crippen LogP contribution < -0.4 is 16.0 Å². The van der Waals surface area contributed by atoms with Crippen molar-refractivity contribution in [1.29, 1.82) is 0 Å². The van der Waals surface area contributed by atoms with Crippen molar-refractivity contribution in [2.75, 3.05) is 10.2 Å². The van der Waals surface area contributed by atoms with Crippen LogP contribution in [0.1, 0.15) is 40.4 Å². The number of rotatable bonds is 6. The molecule has 0 radical (unpaired) electrons. The smallest absolute Gasteiger partial charge is 0.338 e. The molecule has 0 saturated carbocycles. The van der Waals surface area contributed by atoms with E-state index in [0.29, 0.717) is 16.5 Å². The van der Waals surface area contributed by atoms with Crippen molar-refractivity contribution in [2.45, 2.75) is 25.7 Å². The lowest BCUT2D eigenvalue weighted by Crippen LogP contribution is -2.38. The largest absolute Gasteiger partial charge is 0.478 e. The number of nitrogens with two attached hydrogens (primary N) is 1. The Bertz CT molecular complexity index is 1110. The first-order valence-electron chi connectivity index (χ1n) is 9.16. The number of benzene rings is 1. The molecule has 4 rings (SSSR count). The van der Waals surface area contributed by atoms with Crippen LogP contribution in [0, 0.1) is 6.92 Å². The summed E-state index contributed by atoms with van der Waals surface area (Å²) in [4.78, 5) is 34.3. The third-order valence-corrected chi connectivity index (χ3v) is 5.18. The number of imidazole rings is 1. The second-order valence-corrected chi connectivity index (χ2v) is 7.42. The van der Waals surface area contributed by atoms with Gasteiger partial charge in [-0.1, -0.05) is 23.7 Å². The number of aryl methyl sites for hydroxylation is 1. The fourth-order valence-electron chi connectivity index (χ4n) is 3.66. The van der Waals surface area contributed by atoms with Gasteiger partial charge in [0.1, 0.15) is 12.3 Å². The van der Waals surface area contributed by atoms with Crippen molar-refractivity contribution in [2.24, 2.45) is 5.73 Å². The highest BCUT2D eigenvalue weighted by molar-refractivity contribution is 6.30. The predicted octanol–water partition coefficient (Wildman–Crippen LogP) is 2.94. The Kier molecular flexibility index (Phi) is 5.04. The number of hydrogen-bond acceptors (Lipinski definition) is 6. The van der Waals surface area contributed by atoms with Crippen molar-refractivity contribution >= 4 is 35.0 Å². The molecule has 4 N–H and O–H groups in total. The van der Waals surface area contributed by atoms with Crippen LogP contribution in [0.2, 0.25) is 5.02 Å². The summed E-state index contributed by atoms with van der Waals surface area (Å²) in [5.74, 6) is -1.23. The van der Waals surface area contributed by atoms with E-state index >= 15 is 0 Å². The normalized spacial score (nSPS) is 16.1. The van der Waals surface area contributed by atoms with Crippen LogP contribution in [-0.4, -0.2) is 31.5 Å². The number of carboxylic acids is 1. The summed E-state index contributed by atoms with van der Waals surface area (Å²) < 4.78 is 1.75. The zero-order valence-corrected chi connectivity index (χ0v) is 16.7. The van der Waals surface area contributed by atoms with Gasteiger partial charge in [-0.3, -0.25) is 4.79 Å². The number of amides is 1. The summed E-state index contributed by atoms with van der Waals surface area (Å²) in [7, 11) is 0. The number of carbonyl (C=O) groups excluding carboxylic acids is 1. The van der Waals surface area contributed by atoms with Crippen LogP contribution in [0.15, 0.2) is 49.1 Å². The van der Waals surface area contributed by atoms with Crippen LogP contribution in [0.25, 0.3) is 0 Å². The quantitative estimate of drug-likeness (QED) is 0.553. The van der Waals surface area contributed by atoms with E-state index in [-0.39, 0.29) is 12.0 Å². The SMILES string of the molecule is Cc1cn(C(CC(N)=O)N2c3c(C(=O)O)ccnc3NC2c2ccc(Cl)cc2)cn1. The molecule has 1 aliphatic rings. The van der Waals surface area contributed by atoms with Crippen molar-refractivity contribution in [3.8, 4) is 0 Å². The van der Waals surface area contributed by atoms with E-state index in [4.69, 9.17) is 17.3 Å². The second kappa shape index (κ2) is 7.68. The fraction of sp³-hybridized carbons (Fsp3) is 0.200. The number of aromatic carboxylic acids is 1. The molecule has 30 heavy (non-hydrogen) atoms. The number of pyridine rings is 1. The molecular formula is C20H19ClN6O3. The Morgan fingerprint density at radius 1 is 1.27 bits per heavy atom. The number of primary amides is 1. The van der Waals surface area contributed by atoms with Crippen LogP contribution in [-0.2, 0) is 4.79 Å². The lowest BCUT2D eigenvalue weighted by molar-refractivity contribution is -0.118. The summed E-state index contributed by atoms with van der Waals surface area (Å²) in [6.45, 7) is 1.83. The van der Waals surface area contributed by atoms with Gasteiger partial charge >= 0.3 is 5.97 Å². The number of hydrogen-bond donors (Lipinski definition) is 3. The molecular weight excluding hydrogens is 408 g/mol. The van der Waals surface area contributed by atoms with Gasteiger partial charge in [0.2, 0.25) is 5.91 Å². The van der Waals surface area contributed by atoms with E-state index in [1.807, 2.05) is 19.1 Å². The molecule has 0 saturated heterocycles. The standard InChI is InChI=1S/C20H19ClN6O3/c1-11-9-26(10-24-11)16(8-15(22)28)27-17-14(20(29)30)6-7-23-18(17)25-19(27)12-2-4-13(21)5-3-12/h2-7,9-10,16,19H,8H2,1H3,(H2,22,28)(H,23,25)(H,29,30). The molecule has 10 heteroatoms. The number of nitrogens with one attached hydrogen (secondary N) is 1. The maximum absolute atomic E-state index is 12.0. The Morgan fingerprint density at radius 2 is 2.00 bits per heavy atom. The summed E-state index contributed by atoms with van der Waals surface area (Å²) in [5.41, 5.74) is 7.57. The fourth-order valence-corrected chi connectivity index (χ4v) is 3.79. The number of fused-ring (bicyclic) bond motifs is 1. The van der Waals surface area contributed by atoms with E-state index in [0.717, 1.165) is 11.3 Å². The van der Waals surface area contributed by atoms with Gasteiger partial charge in [-0.05, 0) is 30.7 Å². The molecule has 2 atom stereocenters. The minimum Gasteiger partial charge on any atom is -0.478 e. The third kappa shape index (κ3) is 3.55. The molecule has 3 heterocycles. The van der Waals surface area contributed by atoms with E-state index in [9.17, 15) is 14.7 Å². The minimum atomic E-state index is -1.10. The highest BCUT2D eigenvalue weighted by Gasteiger charge is 2.40. The van der Waals surface area contributed by atoms with E-state index in [1.54, 1.807) is 34.1 Å². The first kappa shape index (κ1) is 19.7.